The molecule has 4 heteroatoms. The topological polar surface area (TPSA) is 61.4 Å². The number of aryl methyl sites for hydroxylation is 2. The Labute approximate surface area is 131 Å². The van der Waals surface area contributed by atoms with Crippen LogP contribution in [0.15, 0.2) is 48.5 Å². The molecule has 0 saturated carbocycles. The molecule has 2 amide bonds. The summed E-state index contributed by atoms with van der Waals surface area (Å²) in [6.45, 7) is 3.87. The van der Waals surface area contributed by atoms with Crippen molar-refractivity contribution in [2.24, 2.45) is 0 Å². The van der Waals surface area contributed by atoms with Crippen LogP contribution < -0.4 is 10.6 Å². The van der Waals surface area contributed by atoms with Gasteiger partial charge in [-0.2, -0.15) is 0 Å². The summed E-state index contributed by atoms with van der Waals surface area (Å²) in [6.07, 6.45) is 0.847. The summed E-state index contributed by atoms with van der Waals surface area (Å²) in [5, 5.41) is 15.2. The van der Waals surface area contributed by atoms with E-state index in [0.717, 1.165) is 28.8 Å². The highest BCUT2D eigenvalue weighted by molar-refractivity contribution is 5.91. The van der Waals surface area contributed by atoms with Crippen molar-refractivity contribution in [3.63, 3.8) is 0 Å². The van der Waals surface area contributed by atoms with Crippen LogP contribution in [0.5, 0.6) is 0 Å². The van der Waals surface area contributed by atoms with Gasteiger partial charge in [-0.3, -0.25) is 0 Å². The molecule has 0 aromatic heterocycles. The first-order chi connectivity index (χ1) is 10.7. The smallest absolute Gasteiger partial charge is 0.319 e. The van der Waals surface area contributed by atoms with Crippen molar-refractivity contribution in [1.29, 1.82) is 0 Å². The Morgan fingerprint density at radius 2 is 1.86 bits per heavy atom. The predicted octanol–water partition coefficient (Wildman–Crippen LogP) is 3.41. The zero-order chi connectivity index (χ0) is 15.9. The molecule has 3 N–H and O–H groups in total. The van der Waals surface area contributed by atoms with Crippen LogP contribution in [0.1, 0.15) is 29.7 Å². The van der Waals surface area contributed by atoms with Gasteiger partial charge in [0, 0.05) is 5.69 Å². The first-order valence-electron chi connectivity index (χ1n) is 7.47. The van der Waals surface area contributed by atoms with Gasteiger partial charge in [0.15, 0.2) is 0 Å². The zero-order valence-electron chi connectivity index (χ0n) is 13.0. The van der Waals surface area contributed by atoms with Crippen LogP contribution in [0.3, 0.4) is 0 Å². The second-order valence-electron chi connectivity index (χ2n) is 5.21. The SMILES string of the molecule is CCc1cccc(C)c1NC(=O)N[C@H](CO)c1ccccc1. The number of hydrogen-bond donors (Lipinski definition) is 3. The van der Waals surface area contributed by atoms with Gasteiger partial charge in [-0.15, -0.1) is 0 Å². The van der Waals surface area contributed by atoms with Gasteiger partial charge in [0.05, 0.1) is 12.6 Å². The lowest BCUT2D eigenvalue weighted by Gasteiger charge is -2.19. The number of carbonyl (C=O) groups excluding carboxylic acids is 1. The minimum Gasteiger partial charge on any atom is -0.394 e. The highest BCUT2D eigenvalue weighted by atomic mass is 16.3. The van der Waals surface area contributed by atoms with Crippen molar-refractivity contribution in [3.8, 4) is 0 Å². The van der Waals surface area contributed by atoms with Crippen LogP contribution in [-0.2, 0) is 6.42 Å². The third-order valence-electron chi connectivity index (χ3n) is 3.67. The summed E-state index contributed by atoms with van der Waals surface area (Å²) < 4.78 is 0. The average molecular weight is 298 g/mol. The van der Waals surface area contributed by atoms with Crippen LogP contribution in [0.4, 0.5) is 10.5 Å². The molecule has 0 spiro atoms. The van der Waals surface area contributed by atoms with E-state index in [1.807, 2.05) is 55.5 Å². The molecule has 0 heterocycles. The number of anilines is 1. The molecule has 4 nitrogen and oxygen atoms in total. The number of aliphatic hydroxyl groups is 1. The minimum absolute atomic E-state index is 0.147. The molecule has 0 radical (unpaired) electrons. The standard InChI is InChI=1S/C18H22N2O2/c1-3-14-11-7-8-13(2)17(14)20-18(22)19-16(12-21)15-9-5-4-6-10-15/h4-11,16,21H,3,12H2,1-2H3,(H2,19,20,22)/t16-/m1/s1. The number of hydrogen-bond acceptors (Lipinski definition) is 2. The molecule has 0 aliphatic rings. The molecule has 1 atom stereocenters. The van der Waals surface area contributed by atoms with Gasteiger partial charge in [0.25, 0.3) is 0 Å². The molecule has 0 aliphatic heterocycles. The van der Waals surface area contributed by atoms with Gasteiger partial charge < -0.3 is 15.7 Å². The van der Waals surface area contributed by atoms with Gasteiger partial charge in [0.1, 0.15) is 0 Å². The Bertz CT molecular complexity index is 626. The third kappa shape index (κ3) is 3.86. The van der Waals surface area contributed by atoms with Crippen LogP contribution in [0, 0.1) is 6.92 Å². The van der Waals surface area contributed by atoms with Gasteiger partial charge in [-0.25, -0.2) is 4.79 Å². The van der Waals surface area contributed by atoms with Gasteiger partial charge >= 0.3 is 6.03 Å². The molecule has 2 aromatic carbocycles. The largest absolute Gasteiger partial charge is 0.394 e. The number of benzene rings is 2. The van der Waals surface area contributed by atoms with E-state index in [4.69, 9.17) is 0 Å². The second kappa shape index (κ2) is 7.61. The molecule has 0 fully saturated rings. The second-order valence-corrected chi connectivity index (χ2v) is 5.21. The van der Waals surface area contributed by atoms with Crippen molar-refractivity contribution in [2.75, 3.05) is 11.9 Å². The number of aliphatic hydroxyl groups excluding tert-OH is 1. The molecule has 0 unspecified atom stereocenters. The van der Waals surface area contributed by atoms with Crippen LogP contribution in [0.2, 0.25) is 0 Å². The molecule has 22 heavy (non-hydrogen) atoms. The average Bonchev–Trinajstić information content (AvgIpc) is 2.55. The van der Waals surface area contributed by atoms with Crippen molar-refractivity contribution in [2.45, 2.75) is 26.3 Å². The quantitative estimate of drug-likeness (QED) is 0.792. The molecule has 116 valence electrons. The Morgan fingerprint density at radius 1 is 1.14 bits per heavy atom. The summed E-state index contributed by atoms with van der Waals surface area (Å²) in [5.41, 5.74) is 3.83. The predicted molar refractivity (Wildman–Crippen MR) is 89.0 cm³/mol. The third-order valence-corrected chi connectivity index (χ3v) is 3.67. The Hall–Kier alpha value is -2.33. The number of rotatable bonds is 5. The van der Waals surface area contributed by atoms with Gasteiger partial charge in [-0.05, 0) is 30.0 Å². The maximum Gasteiger partial charge on any atom is 0.319 e. The lowest BCUT2D eigenvalue weighted by molar-refractivity contribution is 0.225. The van der Waals surface area contributed by atoms with Crippen LogP contribution in [0.25, 0.3) is 0 Å². The molecule has 2 aromatic rings. The zero-order valence-corrected chi connectivity index (χ0v) is 13.0. The van der Waals surface area contributed by atoms with E-state index in [1.54, 1.807) is 0 Å². The summed E-state index contributed by atoms with van der Waals surface area (Å²) in [4.78, 5) is 12.2. The molecular weight excluding hydrogens is 276 g/mol. The first-order valence-corrected chi connectivity index (χ1v) is 7.47. The van der Waals surface area contributed by atoms with Crippen molar-refractivity contribution >= 4 is 11.7 Å². The van der Waals surface area contributed by atoms with E-state index in [0.29, 0.717) is 0 Å². The highest BCUT2D eigenvalue weighted by Gasteiger charge is 2.14. The van der Waals surface area contributed by atoms with E-state index in [1.165, 1.54) is 0 Å². The number of amides is 2. The van der Waals surface area contributed by atoms with Gasteiger partial charge in [-0.1, -0.05) is 55.5 Å². The van der Waals surface area contributed by atoms with Crippen LogP contribution >= 0.6 is 0 Å². The molecular formula is C18H22N2O2. The summed E-state index contributed by atoms with van der Waals surface area (Å²) >= 11 is 0. The monoisotopic (exact) mass is 298 g/mol. The van der Waals surface area contributed by atoms with E-state index in [-0.39, 0.29) is 12.6 Å². The number of para-hydroxylation sites is 1. The van der Waals surface area contributed by atoms with Crippen molar-refractivity contribution in [1.82, 2.24) is 5.32 Å². The van der Waals surface area contributed by atoms with E-state index in [9.17, 15) is 9.90 Å². The Balaban J connectivity index is 2.10. The molecule has 2 rings (SSSR count). The number of carbonyl (C=O) groups is 1. The highest BCUT2D eigenvalue weighted by Crippen LogP contribution is 2.21. The first kappa shape index (κ1) is 16.0. The fourth-order valence-electron chi connectivity index (χ4n) is 2.43. The maximum absolute atomic E-state index is 12.2. The van der Waals surface area contributed by atoms with E-state index in [2.05, 4.69) is 17.6 Å². The van der Waals surface area contributed by atoms with Crippen molar-refractivity contribution in [3.05, 3.63) is 65.2 Å². The Kier molecular flexibility index (Phi) is 5.55. The molecule has 0 saturated heterocycles. The lowest BCUT2D eigenvalue weighted by atomic mass is 10.1. The normalized spacial score (nSPS) is 11.8. The summed E-state index contributed by atoms with van der Waals surface area (Å²) in [6, 6.07) is 14.7. The molecule has 0 bridgehead atoms. The summed E-state index contributed by atoms with van der Waals surface area (Å²) in [5.74, 6) is 0. The summed E-state index contributed by atoms with van der Waals surface area (Å²) in [7, 11) is 0. The number of urea groups is 1. The maximum atomic E-state index is 12.2. The Morgan fingerprint density at radius 3 is 2.50 bits per heavy atom. The fraction of sp³-hybridized carbons (Fsp3) is 0.278. The van der Waals surface area contributed by atoms with E-state index >= 15 is 0 Å². The minimum atomic E-state index is -0.421. The lowest BCUT2D eigenvalue weighted by Crippen LogP contribution is -2.34. The number of nitrogens with one attached hydrogen (secondary N) is 2. The molecule has 0 aliphatic carbocycles. The van der Waals surface area contributed by atoms with Gasteiger partial charge in [0.2, 0.25) is 0 Å². The fourth-order valence-corrected chi connectivity index (χ4v) is 2.43. The van der Waals surface area contributed by atoms with Crippen LogP contribution in [-0.4, -0.2) is 17.7 Å². The van der Waals surface area contributed by atoms with Crippen molar-refractivity contribution < 1.29 is 9.90 Å². The van der Waals surface area contributed by atoms with E-state index < -0.39 is 6.04 Å².